The molecule has 5 nitrogen and oxygen atoms in total. The monoisotopic (exact) mass is 417 g/mol. The number of halogens is 3. The van der Waals surface area contributed by atoms with Gasteiger partial charge in [-0.15, -0.1) is 0 Å². The highest BCUT2D eigenvalue weighted by molar-refractivity contribution is 5.95. The van der Waals surface area contributed by atoms with Crippen molar-refractivity contribution < 1.29 is 22.8 Å². The van der Waals surface area contributed by atoms with Gasteiger partial charge in [0.15, 0.2) is 0 Å². The summed E-state index contributed by atoms with van der Waals surface area (Å²) in [4.78, 5) is 29.4. The van der Waals surface area contributed by atoms with Crippen molar-refractivity contribution in [3.63, 3.8) is 0 Å². The molecule has 2 atom stereocenters. The second kappa shape index (κ2) is 7.41. The molecular weight excluding hydrogens is 395 g/mol. The largest absolute Gasteiger partial charge is 0.416 e. The Labute approximate surface area is 172 Å². The fraction of sp³-hybridized carbons (Fsp3) is 0.409. The Balaban J connectivity index is 1.48. The molecule has 8 heteroatoms. The zero-order chi connectivity index (χ0) is 21.4. The summed E-state index contributed by atoms with van der Waals surface area (Å²) in [6, 6.07) is 9.57. The van der Waals surface area contributed by atoms with Gasteiger partial charge in [0, 0.05) is 22.8 Å². The number of hydrogen-bond acceptors (Lipinski definition) is 3. The standard InChI is InChI=1S/C22H22F3N3O2/c23-22(24,25)16-6-3-5-15(13-16)18(29)27-20-8-4-9-21(14-20,11-10-20)28-19(30)17-7-1-2-12-26-17/h1-3,5-7,12-13H,4,8-11,14H2,(H,27,29)(H,28,30)/t20-,21-/m1/s1. The van der Waals surface area contributed by atoms with Gasteiger partial charge in [0.05, 0.1) is 5.56 Å². The van der Waals surface area contributed by atoms with Crippen molar-refractivity contribution in [1.82, 2.24) is 15.6 Å². The van der Waals surface area contributed by atoms with Crippen molar-refractivity contribution >= 4 is 11.8 Å². The Morgan fingerprint density at radius 1 is 0.900 bits per heavy atom. The van der Waals surface area contributed by atoms with E-state index in [1.54, 1.807) is 24.4 Å². The Kier molecular flexibility index (Phi) is 5.03. The van der Waals surface area contributed by atoms with Gasteiger partial charge >= 0.3 is 6.18 Å². The second-order valence-electron chi connectivity index (χ2n) is 8.29. The number of fused-ring (bicyclic) bond motifs is 2. The van der Waals surface area contributed by atoms with Crippen LogP contribution in [0.2, 0.25) is 0 Å². The number of nitrogens with zero attached hydrogens (tertiary/aromatic N) is 1. The Morgan fingerprint density at radius 2 is 1.60 bits per heavy atom. The van der Waals surface area contributed by atoms with Crippen LogP contribution in [0.3, 0.4) is 0 Å². The highest BCUT2D eigenvalue weighted by Crippen LogP contribution is 2.48. The number of nitrogens with one attached hydrogen (secondary N) is 2. The van der Waals surface area contributed by atoms with E-state index in [0.29, 0.717) is 25.0 Å². The number of carbonyl (C=O) groups is 2. The molecule has 0 aliphatic heterocycles. The van der Waals surface area contributed by atoms with E-state index in [4.69, 9.17) is 0 Å². The summed E-state index contributed by atoms with van der Waals surface area (Å²) in [5, 5.41) is 6.09. The summed E-state index contributed by atoms with van der Waals surface area (Å²) in [5.41, 5.74) is -1.49. The summed E-state index contributed by atoms with van der Waals surface area (Å²) < 4.78 is 38.9. The summed E-state index contributed by atoms with van der Waals surface area (Å²) in [5.74, 6) is -0.771. The average molecular weight is 417 g/mol. The number of aromatic nitrogens is 1. The third-order valence-electron chi connectivity index (χ3n) is 6.18. The van der Waals surface area contributed by atoms with Gasteiger partial charge in [0.2, 0.25) is 0 Å². The molecule has 1 aromatic heterocycles. The lowest BCUT2D eigenvalue weighted by Gasteiger charge is -2.40. The van der Waals surface area contributed by atoms with E-state index < -0.39 is 28.7 Å². The number of amides is 2. The van der Waals surface area contributed by atoms with Gasteiger partial charge < -0.3 is 10.6 Å². The SMILES string of the molecule is O=C(N[C@]12CCC[C@@](NC(=O)c3ccccn3)(CC1)C2)c1cccc(C(F)(F)F)c1. The van der Waals surface area contributed by atoms with Gasteiger partial charge in [0.1, 0.15) is 5.69 Å². The van der Waals surface area contributed by atoms with Crippen LogP contribution in [-0.2, 0) is 6.18 Å². The lowest BCUT2D eigenvalue weighted by Crippen LogP contribution is -2.55. The van der Waals surface area contributed by atoms with Crippen LogP contribution < -0.4 is 10.6 Å². The molecule has 0 saturated heterocycles. The molecular formula is C22H22F3N3O2. The molecule has 2 N–H and O–H groups in total. The highest BCUT2D eigenvalue weighted by Gasteiger charge is 2.52. The van der Waals surface area contributed by atoms with Crippen LogP contribution >= 0.6 is 0 Å². The molecule has 2 saturated carbocycles. The summed E-state index contributed by atoms with van der Waals surface area (Å²) in [7, 11) is 0. The third kappa shape index (κ3) is 4.04. The van der Waals surface area contributed by atoms with Crippen molar-refractivity contribution in [3.8, 4) is 0 Å². The van der Waals surface area contributed by atoms with Gasteiger partial charge in [-0.05, 0) is 68.9 Å². The van der Waals surface area contributed by atoms with Crippen LogP contribution in [0.25, 0.3) is 0 Å². The highest BCUT2D eigenvalue weighted by atomic mass is 19.4. The molecule has 4 rings (SSSR count). The topological polar surface area (TPSA) is 71.1 Å². The maximum Gasteiger partial charge on any atom is 0.416 e. The number of hydrogen-bond donors (Lipinski definition) is 2. The summed E-state index contributed by atoms with van der Waals surface area (Å²) in [6.45, 7) is 0. The zero-order valence-electron chi connectivity index (χ0n) is 16.3. The van der Waals surface area contributed by atoms with Crippen molar-refractivity contribution in [1.29, 1.82) is 0 Å². The molecule has 2 aliphatic carbocycles. The molecule has 1 aromatic carbocycles. The number of alkyl halides is 3. The van der Waals surface area contributed by atoms with E-state index in [1.165, 1.54) is 12.1 Å². The maximum absolute atomic E-state index is 13.0. The molecule has 2 aromatic rings. The van der Waals surface area contributed by atoms with Crippen molar-refractivity contribution in [2.75, 3.05) is 0 Å². The van der Waals surface area contributed by atoms with E-state index in [2.05, 4.69) is 15.6 Å². The van der Waals surface area contributed by atoms with Gasteiger partial charge in [-0.2, -0.15) is 13.2 Å². The Morgan fingerprint density at radius 3 is 2.23 bits per heavy atom. The fourth-order valence-corrected chi connectivity index (χ4v) is 4.79. The first kappa shape index (κ1) is 20.4. The fourth-order valence-electron chi connectivity index (χ4n) is 4.79. The molecule has 1 heterocycles. The predicted octanol–water partition coefficient (Wildman–Crippen LogP) is 4.11. The van der Waals surface area contributed by atoms with E-state index in [-0.39, 0.29) is 11.5 Å². The number of carbonyl (C=O) groups excluding carboxylic acids is 2. The maximum atomic E-state index is 13.0. The van der Waals surface area contributed by atoms with E-state index in [0.717, 1.165) is 31.4 Å². The number of benzene rings is 1. The van der Waals surface area contributed by atoms with Crippen molar-refractivity contribution in [2.24, 2.45) is 0 Å². The first-order valence-electron chi connectivity index (χ1n) is 9.94. The molecule has 0 unspecified atom stereocenters. The van der Waals surface area contributed by atoms with Gasteiger partial charge in [-0.1, -0.05) is 12.1 Å². The van der Waals surface area contributed by atoms with Crippen molar-refractivity contribution in [3.05, 3.63) is 65.5 Å². The Bertz CT molecular complexity index is 964. The second-order valence-corrected chi connectivity index (χ2v) is 8.29. The molecule has 2 fully saturated rings. The minimum atomic E-state index is -4.50. The molecule has 158 valence electrons. The van der Waals surface area contributed by atoms with Crippen LogP contribution in [0.4, 0.5) is 13.2 Å². The first-order chi connectivity index (χ1) is 14.2. The minimum Gasteiger partial charge on any atom is -0.347 e. The summed E-state index contributed by atoms with van der Waals surface area (Å²) in [6.07, 6.45) is 1.33. The smallest absolute Gasteiger partial charge is 0.347 e. The predicted molar refractivity (Wildman–Crippen MR) is 104 cm³/mol. The molecule has 2 amide bonds. The van der Waals surface area contributed by atoms with E-state index in [1.807, 2.05) is 0 Å². The van der Waals surface area contributed by atoms with Gasteiger partial charge in [0.25, 0.3) is 11.8 Å². The van der Waals surface area contributed by atoms with Crippen LogP contribution in [0.15, 0.2) is 48.7 Å². The molecule has 2 bridgehead atoms. The van der Waals surface area contributed by atoms with Crippen LogP contribution in [0.5, 0.6) is 0 Å². The lowest BCUT2D eigenvalue weighted by molar-refractivity contribution is -0.137. The number of pyridine rings is 1. The third-order valence-corrected chi connectivity index (χ3v) is 6.18. The molecule has 0 spiro atoms. The van der Waals surface area contributed by atoms with Crippen LogP contribution in [0, 0.1) is 0 Å². The summed E-state index contributed by atoms with van der Waals surface area (Å²) >= 11 is 0. The first-order valence-corrected chi connectivity index (χ1v) is 9.94. The number of rotatable bonds is 4. The molecule has 30 heavy (non-hydrogen) atoms. The average Bonchev–Trinajstić information content (AvgIpc) is 2.97. The molecule has 2 aliphatic rings. The Hall–Kier alpha value is -2.90. The van der Waals surface area contributed by atoms with Crippen molar-refractivity contribution in [2.45, 2.75) is 55.8 Å². The zero-order valence-corrected chi connectivity index (χ0v) is 16.3. The van der Waals surface area contributed by atoms with Crippen LogP contribution in [0.1, 0.15) is 64.9 Å². The van der Waals surface area contributed by atoms with Crippen LogP contribution in [-0.4, -0.2) is 27.9 Å². The van der Waals surface area contributed by atoms with Gasteiger partial charge in [-0.25, -0.2) is 0 Å². The normalized spacial score (nSPS) is 25.6. The minimum absolute atomic E-state index is 0.0141. The quantitative estimate of drug-likeness (QED) is 0.787. The van der Waals surface area contributed by atoms with Gasteiger partial charge in [-0.3, -0.25) is 14.6 Å². The lowest BCUT2D eigenvalue weighted by atomic mass is 9.78. The molecule has 0 radical (unpaired) electrons. The van der Waals surface area contributed by atoms with E-state index in [9.17, 15) is 22.8 Å². The van der Waals surface area contributed by atoms with E-state index >= 15 is 0 Å².